The summed E-state index contributed by atoms with van der Waals surface area (Å²) in [6.45, 7) is 0. The molecule has 4 aromatic rings. The van der Waals surface area contributed by atoms with Crippen molar-refractivity contribution in [3.05, 3.63) is 129 Å². The molecule has 0 bridgehead atoms. The first-order valence-electron chi connectivity index (χ1n) is 10.4. The standard InChI is InChI=1S/C28H14O4Se/c29-25-15-7-1-3-9-17(15)27(31)23-19(25)11-5-13-21(23)33-22-14-6-12-20-24(22)28(32)18-10-4-2-8-16(18)26(20)30/h1-14H. The molecule has 0 aliphatic heterocycles. The van der Waals surface area contributed by atoms with Crippen LogP contribution in [0.2, 0.25) is 0 Å². The first-order chi connectivity index (χ1) is 16.1. The van der Waals surface area contributed by atoms with Gasteiger partial charge in [-0.3, -0.25) is 0 Å². The second-order valence-electron chi connectivity index (χ2n) is 7.87. The molecular weight excluding hydrogens is 479 g/mol. The van der Waals surface area contributed by atoms with Crippen molar-refractivity contribution in [3.63, 3.8) is 0 Å². The van der Waals surface area contributed by atoms with Crippen LogP contribution in [0.4, 0.5) is 0 Å². The van der Waals surface area contributed by atoms with Crippen molar-refractivity contribution in [2.45, 2.75) is 0 Å². The monoisotopic (exact) mass is 494 g/mol. The molecule has 4 aromatic carbocycles. The number of fused-ring (bicyclic) bond motifs is 4. The molecule has 2 aliphatic carbocycles. The summed E-state index contributed by atoms with van der Waals surface area (Å²) < 4.78 is 1.45. The fraction of sp³-hybridized carbons (Fsp3) is 0. The zero-order valence-electron chi connectivity index (χ0n) is 17.1. The van der Waals surface area contributed by atoms with E-state index in [1.807, 2.05) is 12.1 Å². The molecule has 0 saturated carbocycles. The average Bonchev–Trinajstić information content (AvgIpc) is 2.86. The molecule has 0 N–H and O–H groups in total. The molecule has 0 aromatic heterocycles. The van der Waals surface area contributed by atoms with Gasteiger partial charge in [-0.15, -0.1) is 0 Å². The van der Waals surface area contributed by atoms with Crippen LogP contribution in [-0.4, -0.2) is 38.1 Å². The minimum absolute atomic E-state index is 0.173. The van der Waals surface area contributed by atoms with Gasteiger partial charge < -0.3 is 0 Å². The number of hydrogen-bond donors (Lipinski definition) is 0. The summed E-state index contributed by atoms with van der Waals surface area (Å²) in [5, 5.41) is 0. The number of hydrogen-bond acceptors (Lipinski definition) is 4. The molecule has 0 heterocycles. The van der Waals surface area contributed by atoms with E-state index >= 15 is 0 Å². The zero-order chi connectivity index (χ0) is 22.7. The summed E-state index contributed by atoms with van der Waals surface area (Å²) in [5.74, 6) is -0.716. The average molecular weight is 493 g/mol. The Bertz CT molecular complexity index is 1450. The Hall–Kier alpha value is -3.92. The van der Waals surface area contributed by atoms with Crippen LogP contribution in [0.25, 0.3) is 0 Å². The molecular formula is C28H14O4Se. The van der Waals surface area contributed by atoms with Gasteiger partial charge in [0, 0.05) is 0 Å². The number of ketones is 4. The van der Waals surface area contributed by atoms with Gasteiger partial charge in [0.05, 0.1) is 0 Å². The van der Waals surface area contributed by atoms with Crippen molar-refractivity contribution >= 4 is 47.0 Å². The number of carbonyl (C=O) groups is 4. The number of carbonyl (C=O) groups excluding carboxylic acids is 4. The molecule has 6 rings (SSSR count). The number of rotatable bonds is 2. The Labute approximate surface area is 195 Å². The van der Waals surface area contributed by atoms with E-state index in [-0.39, 0.29) is 23.1 Å². The predicted molar refractivity (Wildman–Crippen MR) is 125 cm³/mol. The molecule has 4 nitrogen and oxygen atoms in total. The summed E-state index contributed by atoms with van der Waals surface area (Å²) >= 11 is -0.471. The van der Waals surface area contributed by atoms with E-state index in [0.29, 0.717) is 44.5 Å². The van der Waals surface area contributed by atoms with Gasteiger partial charge in [0.2, 0.25) is 0 Å². The van der Waals surface area contributed by atoms with Crippen molar-refractivity contribution in [1.82, 2.24) is 0 Å². The third-order valence-electron chi connectivity index (χ3n) is 6.05. The zero-order valence-corrected chi connectivity index (χ0v) is 18.8. The van der Waals surface area contributed by atoms with E-state index in [4.69, 9.17) is 0 Å². The first-order valence-corrected chi connectivity index (χ1v) is 12.1. The van der Waals surface area contributed by atoms with Crippen LogP contribution in [-0.2, 0) is 0 Å². The fourth-order valence-corrected chi connectivity index (χ4v) is 6.91. The van der Waals surface area contributed by atoms with E-state index in [2.05, 4.69) is 0 Å². The topological polar surface area (TPSA) is 68.3 Å². The van der Waals surface area contributed by atoms with Crippen LogP contribution in [0.5, 0.6) is 0 Å². The van der Waals surface area contributed by atoms with Gasteiger partial charge in [0.15, 0.2) is 0 Å². The normalized spacial score (nSPS) is 13.8. The van der Waals surface area contributed by atoms with E-state index in [1.54, 1.807) is 72.8 Å². The number of benzene rings is 4. The Balaban J connectivity index is 1.50. The van der Waals surface area contributed by atoms with Gasteiger partial charge in [0.25, 0.3) is 0 Å². The van der Waals surface area contributed by atoms with Gasteiger partial charge in [-0.2, -0.15) is 0 Å². The molecule has 2 aliphatic rings. The molecule has 0 amide bonds. The van der Waals surface area contributed by atoms with E-state index in [1.165, 1.54) is 0 Å². The summed E-state index contributed by atoms with van der Waals surface area (Å²) in [6, 6.07) is 24.2. The predicted octanol–water partition coefficient (Wildman–Crippen LogP) is 2.89. The van der Waals surface area contributed by atoms with E-state index in [9.17, 15) is 19.2 Å². The van der Waals surface area contributed by atoms with Gasteiger partial charge in [-0.05, 0) is 0 Å². The third kappa shape index (κ3) is 2.83. The van der Waals surface area contributed by atoms with Gasteiger partial charge in [0.1, 0.15) is 0 Å². The molecule has 5 heteroatoms. The van der Waals surface area contributed by atoms with Crippen molar-refractivity contribution in [1.29, 1.82) is 0 Å². The fourth-order valence-electron chi connectivity index (χ4n) is 4.52. The van der Waals surface area contributed by atoms with Crippen molar-refractivity contribution in [2.75, 3.05) is 0 Å². The van der Waals surface area contributed by atoms with Crippen LogP contribution in [0.1, 0.15) is 63.7 Å². The van der Waals surface area contributed by atoms with Gasteiger partial charge >= 0.3 is 196 Å². The van der Waals surface area contributed by atoms with Crippen LogP contribution >= 0.6 is 0 Å². The summed E-state index contributed by atoms with van der Waals surface area (Å²) in [5.41, 5.74) is 3.18. The molecule has 0 atom stereocenters. The molecule has 0 saturated heterocycles. The Morgan fingerprint density at radius 2 is 0.697 bits per heavy atom. The summed E-state index contributed by atoms with van der Waals surface area (Å²) in [6.07, 6.45) is 0. The molecule has 0 fully saturated rings. The SMILES string of the molecule is O=C1c2ccccc2C(=O)c2c([Se]c3cccc4c3C(=O)c3ccccc3C4=O)cccc21. The molecule has 0 radical (unpaired) electrons. The van der Waals surface area contributed by atoms with Crippen molar-refractivity contribution in [3.8, 4) is 0 Å². The molecule has 156 valence electrons. The maximum absolute atomic E-state index is 13.4. The summed E-state index contributed by atoms with van der Waals surface area (Å²) in [7, 11) is 0. The van der Waals surface area contributed by atoms with Gasteiger partial charge in [-0.1, -0.05) is 0 Å². The van der Waals surface area contributed by atoms with Crippen LogP contribution < -0.4 is 8.92 Å². The van der Waals surface area contributed by atoms with E-state index < -0.39 is 15.0 Å². The second kappa shape index (κ2) is 7.31. The third-order valence-corrected chi connectivity index (χ3v) is 8.40. The van der Waals surface area contributed by atoms with Crippen molar-refractivity contribution < 1.29 is 19.2 Å². The molecule has 0 spiro atoms. The Morgan fingerprint density at radius 3 is 1.09 bits per heavy atom. The maximum atomic E-state index is 13.4. The Kier molecular flexibility index (Phi) is 4.37. The first kappa shape index (κ1) is 19.7. The van der Waals surface area contributed by atoms with Crippen molar-refractivity contribution in [2.24, 2.45) is 0 Å². The van der Waals surface area contributed by atoms with E-state index in [0.717, 1.165) is 8.92 Å². The van der Waals surface area contributed by atoms with Gasteiger partial charge in [-0.25, -0.2) is 0 Å². The molecule has 0 unspecified atom stereocenters. The van der Waals surface area contributed by atoms with Crippen LogP contribution in [0, 0.1) is 0 Å². The molecule has 33 heavy (non-hydrogen) atoms. The quantitative estimate of drug-likeness (QED) is 0.348. The second-order valence-corrected chi connectivity index (χ2v) is 10.1. The minimum atomic E-state index is -0.471. The Morgan fingerprint density at radius 1 is 0.364 bits per heavy atom. The van der Waals surface area contributed by atoms with Crippen LogP contribution in [0.3, 0.4) is 0 Å². The van der Waals surface area contributed by atoms with Crippen LogP contribution in [0.15, 0.2) is 84.9 Å². The summed E-state index contributed by atoms with van der Waals surface area (Å²) in [4.78, 5) is 52.9.